The molecule has 3 heterocycles. The predicted molar refractivity (Wildman–Crippen MR) is 202 cm³/mol. The number of carbonyl (C=O) groups excluding carboxylic acids is 1. The highest BCUT2D eigenvalue weighted by molar-refractivity contribution is 7.99. The van der Waals surface area contributed by atoms with Crippen molar-refractivity contribution in [2.45, 2.75) is 48.9 Å². The van der Waals surface area contributed by atoms with Crippen LogP contribution in [-0.2, 0) is 12.0 Å². The molecular weight excluding hydrogens is 684 g/mol. The number of fused-ring (bicyclic) bond motifs is 1. The average Bonchev–Trinajstić information content (AvgIpc) is 3.74. The molecule has 6 rings (SSSR count). The molecule has 0 saturated carbocycles. The molecule has 0 aliphatic heterocycles. The third kappa shape index (κ3) is 8.47. The van der Waals surface area contributed by atoms with Crippen LogP contribution in [0.4, 0.5) is 10.6 Å². The first kappa shape index (κ1) is 35.8. The number of nitrogens with one attached hydrogen (secondary N) is 2. The zero-order valence-corrected chi connectivity index (χ0v) is 30.8. The number of ether oxygens (including phenoxy) is 1. The molecule has 0 bridgehead atoms. The van der Waals surface area contributed by atoms with Gasteiger partial charge in [-0.3, -0.25) is 9.72 Å². The molecule has 0 fully saturated rings. The largest absolute Gasteiger partial charge is 0.507 e. The van der Waals surface area contributed by atoms with Gasteiger partial charge in [0.25, 0.3) is 0 Å². The van der Waals surface area contributed by atoms with Crippen LogP contribution in [0.15, 0.2) is 101 Å². The monoisotopic (exact) mass is 724 g/mol. The van der Waals surface area contributed by atoms with Crippen LogP contribution in [0.2, 0.25) is 5.02 Å². The second-order valence-electron chi connectivity index (χ2n) is 13.0. The fourth-order valence-electron chi connectivity index (χ4n) is 5.25. The van der Waals surface area contributed by atoms with Gasteiger partial charge in [0.1, 0.15) is 23.9 Å². The summed E-state index contributed by atoms with van der Waals surface area (Å²) >= 11 is 7.76. The van der Waals surface area contributed by atoms with Crippen LogP contribution in [-0.4, -0.2) is 67.7 Å². The SMILES string of the molecule is CCC(C)(C)c1cc(NC(=O)NCc2ccccc2Sc2ccc3nnc(-c4cc(Cl)ccc4O)n3c2)n(-c2cccc(OCCN(C)C)c2)n1. The predicted octanol–water partition coefficient (Wildman–Crippen LogP) is 8.04. The smallest absolute Gasteiger partial charge is 0.320 e. The number of hydrogen-bond acceptors (Lipinski definition) is 8. The Balaban J connectivity index is 1.19. The number of aromatic hydroxyl groups is 1. The molecule has 3 aromatic carbocycles. The molecule has 264 valence electrons. The Hall–Kier alpha value is -5.04. The Labute approximate surface area is 306 Å². The lowest BCUT2D eigenvalue weighted by molar-refractivity contribution is 0.251. The Morgan fingerprint density at radius 1 is 1.02 bits per heavy atom. The van der Waals surface area contributed by atoms with Crippen LogP contribution in [0.1, 0.15) is 38.4 Å². The lowest BCUT2D eigenvalue weighted by Crippen LogP contribution is -2.29. The van der Waals surface area contributed by atoms with Gasteiger partial charge in [0, 0.05) is 51.6 Å². The van der Waals surface area contributed by atoms with E-state index in [1.807, 2.05) is 91.4 Å². The van der Waals surface area contributed by atoms with Crippen molar-refractivity contribution in [3.8, 4) is 28.6 Å². The first-order valence-corrected chi connectivity index (χ1v) is 17.8. The maximum absolute atomic E-state index is 13.4. The number of halogens is 1. The van der Waals surface area contributed by atoms with E-state index in [1.165, 1.54) is 6.07 Å². The minimum atomic E-state index is -0.355. The number of nitrogens with zero attached hydrogens (tertiary/aromatic N) is 6. The van der Waals surface area contributed by atoms with Gasteiger partial charge in [-0.1, -0.05) is 68.4 Å². The zero-order chi connectivity index (χ0) is 36.1. The first-order valence-electron chi connectivity index (χ1n) is 16.6. The maximum Gasteiger partial charge on any atom is 0.320 e. The Morgan fingerprint density at radius 2 is 1.84 bits per heavy atom. The van der Waals surface area contributed by atoms with E-state index in [2.05, 4.69) is 46.5 Å². The van der Waals surface area contributed by atoms with Crippen LogP contribution in [0.25, 0.3) is 22.7 Å². The van der Waals surface area contributed by atoms with Crippen molar-refractivity contribution in [1.29, 1.82) is 0 Å². The molecule has 6 aromatic rings. The number of anilines is 1. The number of urea groups is 1. The number of benzene rings is 3. The summed E-state index contributed by atoms with van der Waals surface area (Å²) in [4.78, 5) is 17.4. The fraction of sp³-hybridized carbons (Fsp3) is 0.263. The number of phenolic OH excluding ortho intramolecular Hbond substituents is 1. The summed E-state index contributed by atoms with van der Waals surface area (Å²) in [6.45, 7) is 8.05. The highest BCUT2D eigenvalue weighted by Crippen LogP contribution is 2.35. The number of hydrogen-bond donors (Lipinski definition) is 3. The minimum absolute atomic E-state index is 0.0629. The Bertz CT molecular complexity index is 2160. The van der Waals surface area contributed by atoms with Gasteiger partial charge in [-0.25, -0.2) is 9.48 Å². The van der Waals surface area contributed by atoms with E-state index in [0.717, 1.165) is 45.5 Å². The normalized spacial score (nSPS) is 11.7. The van der Waals surface area contributed by atoms with Crippen molar-refractivity contribution in [3.05, 3.63) is 107 Å². The van der Waals surface area contributed by atoms with E-state index in [4.69, 9.17) is 21.4 Å². The molecular formula is C38H41ClN8O3S. The molecule has 11 nitrogen and oxygen atoms in total. The lowest BCUT2D eigenvalue weighted by atomic mass is 9.87. The van der Waals surface area contributed by atoms with Gasteiger partial charge in [0.2, 0.25) is 0 Å². The number of likely N-dealkylation sites (N-methyl/N-ethyl adjacent to an activating group) is 1. The molecule has 3 N–H and O–H groups in total. The van der Waals surface area contributed by atoms with Crippen LogP contribution in [0.3, 0.4) is 0 Å². The van der Waals surface area contributed by atoms with E-state index >= 15 is 0 Å². The van der Waals surface area contributed by atoms with Crippen molar-refractivity contribution in [2.75, 3.05) is 32.6 Å². The van der Waals surface area contributed by atoms with Gasteiger partial charge in [-0.05, 0) is 74.6 Å². The average molecular weight is 725 g/mol. The maximum atomic E-state index is 13.4. The zero-order valence-electron chi connectivity index (χ0n) is 29.2. The van der Waals surface area contributed by atoms with Crippen molar-refractivity contribution in [3.63, 3.8) is 0 Å². The summed E-state index contributed by atoms with van der Waals surface area (Å²) in [7, 11) is 4.01. The van der Waals surface area contributed by atoms with E-state index in [9.17, 15) is 9.90 Å². The van der Waals surface area contributed by atoms with Crippen molar-refractivity contribution >= 4 is 40.9 Å². The molecule has 0 saturated heterocycles. The number of aromatic nitrogens is 5. The first-order chi connectivity index (χ1) is 24.5. The lowest BCUT2D eigenvalue weighted by Gasteiger charge is -2.19. The highest BCUT2D eigenvalue weighted by atomic mass is 35.5. The van der Waals surface area contributed by atoms with Gasteiger partial charge in [0.15, 0.2) is 11.5 Å². The van der Waals surface area contributed by atoms with Gasteiger partial charge in [-0.15, -0.1) is 10.2 Å². The van der Waals surface area contributed by atoms with E-state index < -0.39 is 0 Å². The summed E-state index contributed by atoms with van der Waals surface area (Å²) in [5.74, 6) is 1.83. The molecule has 0 aliphatic carbocycles. The highest BCUT2D eigenvalue weighted by Gasteiger charge is 2.25. The summed E-state index contributed by atoms with van der Waals surface area (Å²) in [5, 5.41) is 30.5. The standard InChI is InChI=1S/C38H41ClN8O3S/c1-6-38(2,3)33-22-35(47(44-33)27-11-9-12-28(21-27)50-19-18-45(4)5)41-37(49)40-23-25-10-7-8-13-32(25)51-29-15-17-34-42-43-36(46(34)24-29)30-20-26(39)14-16-31(30)48/h7-17,20-22,24,48H,6,18-19,23H2,1-5H3,(H2,40,41,49). The van der Waals surface area contributed by atoms with Gasteiger partial charge in [-0.2, -0.15) is 5.10 Å². The van der Waals surface area contributed by atoms with Crippen LogP contribution in [0.5, 0.6) is 11.5 Å². The van der Waals surface area contributed by atoms with E-state index in [-0.39, 0.29) is 17.2 Å². The number of carbonyl (C=O) groups is 1. The fourth-order valence-corrected chi connectivity index (χ4v) is 6.38. The van der Waals surface area contributed by atoms with Crippen LogP contribution in [0, 0.1) is 0 Å². The van der Waals surface area contributed by atoms with Crippen molar-refractivity contribution in [2.24, 2.45) is 0 Å². The molecule has 0 spiro atoms. The van der Waals surface area contributed by atoms with Gasteiger partial charge >= 0.3 is 6.03 Å². The van der Waals surface area contributed by atoms with Gasteiger partial charge < -0.3 is 20.1 Å². The summed E-state index contributed by atoms with van der Waals surface area (Å²) < 4.78 is 9.56. The summed E-state index contributed by atoms with van der Waals surface area (Å²) in [6, 6.07) is 25.9. The molecule has 51 heavy (non-hydrogen) atoms. The number of amides is 2. The molecule has 3 aromatic heterocycles. The second kappa shape index (κ2) is 15.5. The minimum Gasteiger partial charge on any atom is -0.507 e. The Kier molecular flexibility index (Phi) is 10.8. The third-order valence-corrected chi connectivity index (χ3v) is 9.94. The molecule has 2 amide bonds. The summed E-state index contributed by atoms with van der Waals surface area (Å²) in [6.07, 6.45) is 2.80. The van der Waals surface area contributed by atoms with Crippen LogP contribution < -0.4 is 15.4 Å². The van der Waals surface area contributed by atoms with Crippen molar-refractivity contribution < 1.29 is 14.6 Å². The molecule has 0 atom stereocenters. The molecule has 13 heteroatoms. The molecule has 0 radical (unpaired) electrons. The summed E-state index contributed by atoms with van der Waals surface area (Å²) in [5.41, 5.74) is 3.53. The van der Waals surface area contributed by atoms with E-state index in [0.29, 0.717) is 41.0 Å². The number of phenols is 1. The van der Waals surface area contributed by atoms with Crippen LogP contribution >= 0.6 is 23.4 Å². The molecule has 0 unspecified atom stereocenters. The number of rotatable bonds is 13. The van der Waals surface area contributed by atoms with Crippen molar-refractivity contribution in [1.82, 2.24) is 34.6 Å². The topological polar surface area (TPSA) is 122 Å². The number of pyridine rings is 1. The van der Waals surface area contributed by atoms with E-state index in [1.54, 1.807) is 28.6 Å². The Morgan fingerprint density at radius 3 is 2.65 bits per heavy atom. The van der Waals surface area contributed by atoms with Gasteiger partial charge in [0.05, 0.1) is 16.9 Å². The second-order valence-corrected chi connectivity index (χ2v) is 14.6. The quantitative estimate of drug-likeness (QED) is 0.109. The molecule has 0 aliphatic rings. The third-order valence-electron chi connectivity index (χ3n) is 8.61.